The summed E-state index contributed by atoms with van der Waals surface area (Å²) in [6, 6.07) is 16.8. The first-order valence-corrected chi connectivity index (χ1v) is 8.17. The molecule has 24 heavy (non-hydrogen) atoms. The molecule has 0 amide bonds. The molecule has 0 saturated heterocycles. The molecular weight excluding hydrogens is 298 g/mol. The van der Waals surface area contributed by atoms with E-state index < -0.39 is 0 Å². The molecule has 0 aliphatic rings. The van der Waals surface area contributed by atoms with Gasteiger partial charge in [0.1, 0.15) is 0 Å². The Labute approximate surface area is 142 Å². The Morgan fingerprint density at radius 1 is 1.08 bits per heavy atom. The molecule has 3 rings (SSSR count). The van der Waals surface area contributed by atoms with E-state index in [1.807, 2.05) is 42.3 Å². The van der Waals surface area contributed by atoms with Crippen molar-refractivity contribution < 1.29 is 5.11 Å². The minimum atomic E-state index is 0.0771. The van der Waals surface area contributed by atoms with Gasteiger partial charge in [0, 0.05) is 31.4 Å². The first-order valence-electron chi connectivity index (χ1n) is 8.17. The summed E-state index contributed by atoms with van der Waals surface area (Å²) in [7, 11) is 1.93. The Hall–Kier alpha value is -2.43. The van der Waals surface area contributed by atoms with E-state index in [9.17, 15) is 5.11 Å². The monoisotopic (exact) mass is 321 g/mol. The fourth-order valence-corrected chi connectivity index (χ4v) is 2.78. The van der Waals surface area contributed by atoms with Crippen molar-refractivity contribution in [3.05, 3.63) is 77.6 Å². The van der Waals surface area contributed by atoms with Crippen molar-refractivity contribution in [2.75, 3.05) is 0 Å². The molecular formula is C20H23N3O. The number of aliphatic hydroxyl groups is 1. The van der Waals surface area contributed by atoms with Crippen LogP contribution in [0.4, 0.5) is 0 Å². The summed E-state index contributed by atoms with van der Waals surface area (Å²) >= 11 is 0. The molecule has 1 aromatic heterocycles. The summed E-state index contributed by atoms with van der Waals surface area (Å²) in [4.78, 5) is 0. The van der Waals surface area contributed by atoms with Gasteiger partial charge in [0.2, 0.25) is 0 Å². The van der Waals surface area contributed by atoms with Crippen LogP contribution in [0.15, 0.2) is 60.9 Å². The number of nitrogens with one attached hydrogen (secondary N) is 1. The van der Waals surface area contributed by atoms with Gasteiger partial charge in [-0.05, 0) is 35.2 Å². The van der Waals surface area contributed by atoms with Crippen LogP contribution in [0.25, 0.3) is 11.1 Å². The lowest BCUT2D eigenvalue weighted by atomic mass is 10.0. The molecule has 124 valence electrons. The molecule has 2 N–H and O–H groups in total. The predicted octanol–water partition coefficient (Wildman–Crippen LogP) is 3.43. The number of rotatable bonds is 6. The van der Waals surface area contributed by atoms with Gasteiger partial charge in [-0.1, -0.05) is 42.5 Å². The number of aromatic nitrogens is 2. The zero-order valence-electron chi connectivity index (χ0n) is 14.1. The van der Waals surface area contributed by atoms with E-state index in [0.29, 0.717) is 0 Å². The molecule has 3 aromatic rings. The quantitative estimate of drug-likeness (QED) is 0.731. The van der Waals surface area contributed by atoms with Crippen LogP contribution in [0.1, 0.15) is 29.7 Å². The van der Waals surface area contributed by atoms with Gasteiger partial charge in [0.05, 0.1) is 12.8 Å². The zero-order chi connectivity index (χ0) is 16.9. The molecule has 0 aliphatic carbocycles. The molecule has 0 spiro atoms. The van der Waals surface area contributed by atoms with Crippen LogP contribution in [0.5, 0.6) is 0 Å². The first kappa shape index (κ1) is 16.4. The Bertz CT molecular complexity index is 810. The lowest BCUT2D eigenvalue weighted by Crippen LogP contribution is -2.18. The van der Waals surface area contributed by atoms with Crippen LogP contribution in [0.3, 0.4) is 0 Å². The number of aryl methyl sites for hydroxylation is 1. The van der Waals surface area contributed by atoms with Gasteiger partial charge >= 0.3 is 0 Å². The van der Waals surface area contributed by atoms with Crippen LogP contribution in [-0.2, 0) is 20.2 Å². The maximum absolute atomic E-state index is 9.26. The smallest absolute Gasteiger partial charge is 0.0681 e. The lowest BCUT2D eigenvalue weighted by molar-refractivity contribution is 0.281. The minimum absolute atomic E-state index is 0.0771. The third-order valence-electron chi connectivity index (χ3n) is 4.21. The summed E-state index contributed by atoms with van der Waals surface area (Å²) in [5, 5.41) is 17.0. The summed E-state index contributed by atoms with van der Waals surface area (Å²) in [5.41, 5.74) is 5.67. The van der Waals surface area contributed by atoms with Crippen molar-refractivity contribution in [3.8, 4) is 11.1 Å². The molecule has 2 aromatic carbocycles. The second-order valence-corrected chi connectivity index (χ2v) is 6.11. The van der Waals surface area contributed by atoms with Crippen molar-refractivity contribution in [1.29, 1.82) is 0 Å². The molecule has 1 heterocycles. The summed E-state index contributed by atoms with van der Waals surface area (Å²) in [6.07, 6.45) is 3.91. The van der Waals surface area contributed by atoms with Gasteiger partial charge in [-0.15, -0.1) is 0 Å². The highest BCUT2D eigenvalue weighted by atomic mass is 16.3. The van der Waals surface area contributed by atoms with Crippen LogP contribution in [0.2, 0.25) is 0 Å². The molecule has 0 aliphatic heterocycles. The van der Waals surface area contributed by atoms with Gasteiger partial charge in [-0.2, -0.15) is 5.10 Å². The van der Waals surface area contributed by atoms with E-state index in [0.717, 1.165) is 17.7 Å². The average Bonchev–Trinajstić information content (AvgIpc) is 3.06. The van der Waals surface area contributed by atoms with E-state index in [-0.39, 0.29) is 12.6 Å². The second kappa shape index (κ2) is 7.43. The van der Waals surface area contributed by atoms with E-state index in [4.69, 9.17) is 0 Å². The van der Waals surface area contributed by atoms with Crippen LogP contribution < -0.4 is 5.32 Å². The number of nitrogens with zero attached hydrogens (tertiary/aromatic N) is 2. The van der Waals surface area contributed by atoms with Gasteiger partial charge in [0.25, 0.3) is 0 Å². The molecule has 1 atom stereocenters. The van der Waals surface area contributed by atoms with Crippen LogP contribution >= 0.6 is 0 Å². The number of hydrogen-bond acceptors (Lipinski definition) is 3. The SMILES string of the molecule is CC(NCc1cccc(-c2cnn(C)c2)c1)c1cccc(CO)c1. The molecule has 4 nitrogen and oxygen atoms in total. The Kier molecular flexibility index (Phi) is 5.08. The fraction of sp³-hybridized carbons (Fsp3) is 0.250. The summed E-state index contributed by atoms with van der Waals surface area (Å²) < 4.78 is 1.82. The van der Waals surface area contributed by atoms with Crippen molar-refractivity contribution in [3.63, 3.8) is 0 Å². The fourth-order valence-electron chi connectivity index (χ4n) is 2.78. The third-order valence-corrected chi connectivity index (χ3v) is 4.21. The Morgan fingerprint density at radius 2 is 1.88 bits per heavy atom. The predicted molar refractivity (Wildman–Crippen MR) is 96.3 cm³/mol. The van der Waals surface area contributed by atoms with Gasteiger partial charge in [-0.3, -0.25) is 4.68 Å². The summed E-state index contributed by atoms with van der Waals surface area (Å²) in [6.45, 7) is 3.01. The Morgan fingerprint density at radius 3 is 2.62 bits per heavy atom. The third kappa shape index (κ3) is 3.91. The van der Waals surface area contributed by atoms with E-state index in [1.165, 1.54) is 16.7 Å². The van der Waals surface area contributed by atoms with Crippen molar-refractivity contribution in [2.45, 2.75) is 26.1 Å². The van der Waals surface area contributed by atoms with Gasteiger partial charge < -0.3 is 10.4 Å². The van der Waals surface area contributed by atoms with Crippen molar-refractivity contribution in [2.24, 2.45) is 7.05 Å². The standard InChI is InChI=1S/C20H23N3O/c1-15(18-7-4-6-17(10-18)14-24)21-11-16-5-3-8-19(9-16)20-12-22-23(2)13-20/h3-10,12-13,15,21,24H,11,14H2,1-2H3. The highest BCUT2D eigenvalue weighted by molar-refractivity contribution is 5.62. The highest BCUT2D eigenvalue weighted by Crippen LogP contribution is 2.20. The van der Waals surface area contributed by atoms with Crippen LogP contribution in [-0.4, -0.2) is 14.9 Å². The number of hydrogen-bond donors (Lipinski definition) is 2. The summed E-state index contributed by atoms with van der Waals surface area (Å²) in [5.74, 6) is 0. The first-order chi connectivity index (χ1) is 11.7. The molecule has 0 fully saturated rings. The van der Waals surface area contributed by atoms with Crippen molar-refractivity contribution >= 4 is 0 Å². The number of benzene rings is 2. The topological polar surface area (TPSA) is 50.1 Å². The van der Waals surface area contributed by atoms with E-state index in [1.54, 1.807) is 0 Å². The maximum Gasteiger partial charge on any atom is 0.0681 e. The largest absolute Gasteiger partial charge is 0.392 e. The van der Waals surface area contributed by atoms with Gasteiger partial charge in [0.15, 0.2) is 0 Å². The average molecular weight is 321 g/mol. The molecule has 0 bridgehead atoms. The van der Waals surface area contributed by atoms with E-state index in [2.05, 4.69) is 47.7 Å². The molecule has 1 unspecified atom stereocenters. The maximum atomic E-state index is 9.26. The van der Waals surface area contributed by atoms with Crippen molar-refractivity contribution in [1.82, 2.24) is 15.1 Å². The normalized spacial score (nSPS) is 12.3. The van der Waals surface area contributed by atoms with Gasteiger partial charge in [-0.25, -0.2) is 0 Å². The second-order valence-electron chi connectivity index (χ2n) is 6.11. The number of aliphatic hydroxyl groups excluding tert-OH is 1. The lowest BCUT2D eigenvalue weighted by Gasteiger charge is -2.15. The molecule has 4 heteroatoms. The highest BCUT2D eigenvalue weighted by Gasteiger charge is 2.07. The van der Waals surface area contributed by atoms with Crippen LogP contribution in [0, 0.1) is 0 Å². The minimum Gasteiger partial charge on any atom is -0.392 e. The molecule has 0 radical (unpaired) electrons. The molecule has 0 saturated carbocycles. The zero-order valence-corrected chi connectivity index (χ0v) is 14.1. The van der Waals surface area contributed by atoms with E-state index >= 15 is 0 Å². The Balaban J connectivity index is 1.68.